The van der Waals surface area contributed by atoms with Gasteiger partial charge >= 0.3 is 0 Å². The van der Waals surface area contributed by atoms with Crippen LogP contribution in [0, 0.1) is 5.92 Å². The molecule has 2 fully saturated rings. The number of piperidine rings is 1. The molecule has 0 radical (unpaired) electrons. The van der Waals surface area contributed by atoms with Crippen molar-refractivity contribution in [3.8, 4) is 0 Å². The van der Waals surface area contributed by atoms with Crippen LogP contribution in [0.1, 0.15) is 66.6 Å². The van der Waals surface area contributed by atoms with Gasteiger partial charge in [0.15, 0.2) is 0 Å². The summed E-state index contributed by atoms with van der Waals surface area (Å²) in [6.07, 6.45) is 12.1. The molecule has 0 bridgehead atoms. The fourth-order valence-corrected chi connectivity index (χ4v) is 5.43. The second-order valence-corrected chi connectivity index (χ2v) is 8.09. The summed E-state index contributed by atoms with van der Waals surface area (Å²) in [5.41, 5.74) is 2.26. The van der Waals surface area contributed by atoms with E-state index >= 15 is 0 Å². The second-order valence-electron chi connectivity index (χ2n) is 7.18. The summed E-state index contributed by atoms with van der Waals surface area (Å²) in [7, 11) is 0. The van der Waals surface area contributed by atoms with E-state index in [-0.39, 0.29) is 5.91 Å². The summed E-state index contributed by atoms with van der Waals surface area (Å²) in [5, 5.41) is 5.39. The Labute approximate surface area is 142 Å². The zero-order valence-corrected chi connectivity index (χ0v) is 14.5. The van der Waals surface area contributed by atoms with E-state index in [1.165, 1.54) is 55.4 Å². The van der Waals surface area contributed by atoms with Crippen molar-refractivity contribution in [2.45, 2.75) is 57.4 Å². The third-order valence-electron chi connectivity index (χ3n) is 5.71. The third kappa shape index (κ3) is 3.06. The van der Waals surface area contributed by atoms with Crippen LogP contribution in [0.4, 0.5) is 0 Å². The van der Waals surface area contributed by atoms with Crippen molar-refractivity contribution in [2.75, 3.05) is 13.1 Å². The van der Waals surface area contributed by atoms with E-state index in [9.17, 15) is 4.79 Å². The Morgan fingerprint density at radius 1 is 1.17 bits per heavy atom. The fourth-order valence-electron chi connectivity index (χ4n) is 4.50. The summed E-state index contributed by atoms with van der Waals surface area (Å²) in [6.45, 7) is 2.02. The largest absolute Gasteiger partial charge is 0.391 e. The van der Waals surface area contributed by atoms with Crippen LogP contribution < -0.4 is 5.32 Å². The van der Waals surface area contributed by atoms with Crippen molar-refractivity contribution in [1.29, 1.82) is 0 Å². The van der Waals surface area contributed by atoms with Crippen LogP contribution >= 0.6 is 11.3 Å². The minimum absolute atomic E-state index is 0.272. The van der Waals surface area contributed by atoms with Gasteiger partial charge in [-0.2, -0.15) is 0 Å². The predicted molar refractivity (Wildman–Crippen MR) is 95.5 cm³/mol. The summed E-state index contributed by atoms with van der Waals surface area (Å²) < 4.78 is 0. The number of carbonyl (C=O) groups is 1. The first-order chi connectivity index (χ1) is 11.3. The molecule has 0 aromatic carbocycles. The van der Waals surface area contributed by atoms with E-state index in [0.29, 0.717) is 6.04 Å². The minimum atomic E-state index is 0.272. The number of hydrogen-bond donors (Lipinski definition) is 1. The number of carbonyl (C=O) groups excluding carboxylic acids is 1. The molecule has 23 heavy (non-hydrogen) atoms. The summed E-state index contributed by atoms with van der Waals surface area (Å²) in [5.74, 6) is 1.03. The van der Waals surface area contributed by atoms with Crippen molar-refractivity contribution in [2.24, 2.45) is 5.92 Å². The molecule has 4 heteroatoms. The van der Waals surface area contributed by atoms with Gasteiger partial charge in [-0.25, -0.2) is 0 Å². The van der Waals surface area contributed by atoms with Crippen LogP contribution in [-0.4, -0.2) is 29.9 Å². The van der Waals surface area contributed by atoms with E-state index < -0.39 is 0 Å². The fraction of sp³-hybridized carbons (Fsp3) is 0.632. The van der Waals surface area contributed by atoms with Crippen molar-refractivity contribution < 1.29 is 4.79 Å². The zero-order chi connectivity index (χ0) is 15.6. The molecule has 124 valence electrons. The lowest BCUT2D eigenvalue weighted by Crippen LogP contribution is -2.49. The monoisotopic (exact) mass is 330 g/mol. The molecule has 3 nitrogen and oxygen atoms in total. The number of amides is 1. The highest BCUT2D eigenvalue weighted by molar-refractivity contribution is 7.11. The number of likely N-dealkylation sites (tertiary alicyclic amines) is 1. The van der Waals surface area contributed by atoms with Crippen LogP contribution in [0.25, 0.3) is 5.57 Å². The molecule has 1 saturated heterocycles. The number of hydrogen-bond acceptors (Lipinski definition) is 3. The standard InChI is InChI=1S/C19H26N2OS/c22-19(21-10-4-7-14-5-1-2-8-17(14)21)16-11-18(23-13-16)15-6-3-9-20-12-15/h11-14,17,20H,1-10H2. The van der Waals surface area contributed by atoms with Gasteiger partial charge in [-0.05, 0) is 56.1 Å². The van der Waals surface area contributed by atoms with Gasteiger partial charge in [-0.1, -0.05) is 12.8 Å². The predicted octanol–water partition coefficient (Wildman–Crippen LogP) is 4.27. The Morgan fingerprint density at radius 3 is 2.91 bits per heavy atom. The lowest BCUT2D eigenvalue weighted by Gasteiger charge is -2.44. The average molecular weight is 330 g/mol. The van der Waals surface area contributed by atoms with Crippen molar-refractivity contribution in [3.05, 3.63) is 28.1 Å². The van der Waals surface area contributed by atoms with Crippen LogP contribution in [0.5, 0.6) is 0 Å². The topological polar surface area (TPSA) is 32.3 Å². The molecule has 1 aromatic rings. The van der Waals surface area contributed by atoms with Gasteiger partial charge in [0.1, 0.15) is 0 Å². The average Bonchev–Trinajstić information content (AvgIpc) is 3.11. The molecule has 1 N–H and O–H groups in total. The molecule has 1 saturated carbocycles. The number of thiophene rings is 1. The van der Waals surface area contributed by atoms with Crippen LogP contribution in [0.3, 0.4) is 0 Å². The molecular weight excluding hydrogens is 304 g/mol. The summed E-state index contributed by atoms with van der Waals surface area (Å²) in [6, 6.07) is 2.63. The van der Waals surface area contributed by atoms with Gasteiger partial charge < -0.3 is 10.2 Å². The number of nitrogens with one attached hydrogen (secondary N) is 1. The molecule has 1 aliphatic carbocycles. The van der Waals surface area contributed by atoms with Gasteiger partial charge in [0, 0.05) is 35.6 Å². The van der Waals surface area contributed by atoms with Crippen molar-refractivity contribution in [3.63, 3.8) is 0 Å². The molecule has 3 aliphatic rings. The molecule has 3 heterocycles. The van der Waals surface area contributed by atoms with Crippen molar-refractivity contribution >= 4 is 22.8 Å². The Morgan fingerprint density at radius 2 is 2.04 bits per heavy atom. The first-order valence-corrected chi connectivity index (χ1v) is 10.0. The Balaban J connectivity index is 1.52. The van der Waals surface area contributed by atoms with E-state index in [1.54, 1.807) is 11.3 Å². The highest BCUT2D eigenvalue weighted by Gasteiger charge is 2.36. The summed E-state index contributed by atoms with van der Waals surface area (Å²) >= 11 is 1.72. The molecular formula is C19H26N2OS. The third-order valence-corrected chi connectivity index (χ3v) is 6.72. The highest BCUT2D eigenvalue weighted by Crippen LogP contribution is 2.36. The molecule has 1 aromatic heterocycles. The van der Waals surface area contributed by atoms with E-state index in [0.717, 1.165) is 31.0 Å². The number of nitrogens with zero attached hydrogens (tertiary/aromatic N) is 1. The first kappa shape index (κ1) is 15.3. The number of allylic oxidation sites excluding steroid dienone is 1. The first-order valence-electron chi connectivity index (χ1n) is 9.15. The van der Waals surface area contributed by atoms with Crippen LogP contribution in [0.15, 0.2) is 17.6 Å². The molecule has 1 amide bonds. The van der Waals surface area contributed by atoms with Crippen LogP contribution in [0.2, 0.25) is 0 Å². The second kappa shape index (κ2) is 6.68. The quantitative estimate of drug-likeness (QED) is 0.878. The van der Waals surface area contributed by atoms with Gasteiger partial charge in [-0.3, -0.25) is 4.79 Å². The molecule has 2 atom stereocenters. The zero-order valence-electron chi connectivity index (χ0n) is 13.7. The Bertz CT molecular complexity index is 604. The molecule has 2 aliphatic heterocycles. The minimum Gasteiger partial charge on any atom is -0.391 e. The van der Waals surface area contributed by atoms with E-state index in [4.69, 9.17) is 0 Å². The van der Waals surface area contributed by atoms with Gasteiger partial charge in [0.2, 0.25) is 0 Å². The molecule has 4 rings (SSSR count). The van der Waals surface area contributed by atoms with Crippen molar-refractivity contribution in [1.82, 2.24) is 10.2 Å². The van der Waals surface area contributed by atoms with Gasteiger partial charge in [-0.15, -0.1) is 11.3 Å². The maximum atomic E-state index is 13.0. The lowest BCUT2D eigenvalue weighted by molar-refractivity contribution is 0.0391. The Kier molecular flexibility index (Phi) is 4.43. The van der Waals surface area contributed by atoms with Crippen LogP contribution in [-0.2, 0) is 0 Å². The number of fused-ring (bicyclic) bond motifs is 1. The normalized spacial score (nSPS) is 27.8. The lowest BCUT2D eigenvalue weighted by atomic mass is 9.78. The van der Waals surface area contributed by atoms with E-state index in [2.05, 4.69) is 27.9 Å². The molecule has 0 spiro atoms. The maximum Gasteiger partial charge on any atom is 0.254 e. The van der Waals surface area contributed by atoms with Gasteiger partial charge in [0.25, 0.3) is 5.91 Å². The number of rotatable bonds is 2. The smallest absolute Gasteiger partial charge is 0.254 e. The van der Waals surface area contributed by atoms with Gasteiger partial charge in [0.05, 0.1) is 5.56 Å². The SMILES string of the molecule is O=C(c1csc(C2=CNCCC2)c1)N1CCCC2CCCCC21. The van der Waals surface area contributed by atoms with E-state index in [1.807, 2.05) is 0 Å². The highest BCUT2D eigenvalue weighted by atomic mass is 32.1. The molecule has 2 unspecified atom stereocenters. The maximum absolute atomic E-state index is 13.0. The summed E-state index contributed by atoms with van der Waals surface area (Å²) in [4.78, 5) is 16.5. The Hall–Kier alpha value is -1.29.